The van der Waals surface area contributed by atoms with E-state index in [2.05, 4.69) is 16.7 Å². The summed E-state index contributed by atoms with van der Waals surface area (Å²) in [4.78, 5) is 24.8. The number of hydrogen-bond donors (Lipinski definition) is 3. The smallest absolute Gasteiger partial charge is 0.247 e. The van der Waals surface area contributed by atoms with Gasteiger partial charge < -0.3 is 20.8 Å². The number of anilines is 1. The van der Waals surface area contributed by atoms with Crippen LogP contribution in [0.1, 0.15) is 18.6 Å². The lowest BCUT2D eigenvalue weighted by Gasteiger charge is -2.27. The highest BCUT2D eigenvalue weighted by Gasteiger charge is 2.35. The minimum absolute atomic E-state index is 0.0702. The SMILES string of the molecule is CC1=C(C(N)=O)[C@@H](c2ccco2)C(C#N)=C(SCC(=O)Nc2cccc3ccccc23)N1. The van der Waals surface area contributed by atoms with E-state index in [0.717, 1.165) is 16.5 Å². The number of nitrogens with two attached hydrogens (primary N) is 1. The summed E-state index contributed by atoms with van der Waals surface area (Å²) in [5.74, 6) is -1.07. The maximum Gasteiger partial charge on any atom is 0.247 e. The van der Waals surface area contributed by atoms with E-state index in [1.807, 2.05) is 42.5 Å². The van der Waals surface area contributed by atoms with Crippen molar-refractivity contribution in [2.24, 2.45) is 5.73 Å². The molecule has 1 aliphatic rings. The van der Waals surface area contributed by atoms with Crippen LogP contribution in [0.4, 0.5) is 5.69 Å². The Bertz CT molecular complexity index is 1300. The molecule has 4 N–H and O–H groups in total. The number of rotatable bonds is 6. The minimum atomic E-state index is -0.725. The molecule has 1 atom stereocenters. The van der Waals surface area contributed by atoms with Crippen LogP contribution in [-0.4, -0.2) is 17.6 Å². The molecule has 4 rings (SSSR count). The molecule has 8 heteroatoms. The van der Waals surface area contributed by atoms with Gasteiger partial charge >= 0.3 is 0 Å². The molecule has 2 aromatic carbocycles. The largest absolute Gasteiger partial charge is 0.468 e. The standard InChI is InChI=1S/C24H20N4O3S/c1-14-21(23(26)30)22(19-10-5-11-31-19)17(12-25)24(27-14)32-13-20(29)28-18-9-4-7-15-6-2-3-8-16(15)18/h2-11,22,27H,13H2,1H3,(H2,26,30)(H,28,29)/t22-/m1/s1. The normalized spacial score (nSPS) is 15.9. The number of thioether (sulfide) groups is 1. The van der Waals surface area contributed by atoms with E-state index < -0.39 is 11.8 Å². The maximum absolute atomic E-state index is 12.7. The van der Waals surface area contributed by atoms with Crippen molar-refractivity contribution in [2.75, 3.05) is 11.1 Å². The lowest BCUT2D eigenvalue weighted by Crippen LogP contribution is -2.31. The Morgan fingerprint density at radius 3 is 2.69 bits per heavy atom. The molecule has 0 spiro atoms. The van der Waals surface area contributed by atoms with Gasteiger partial charge in [0.2, 0.25) is 11.8 Å². The summed E-state index contributed by atoms with van der Waals surface area (Å²) >= 11 is 1.19. The molecule has 0 unspecified atom stereocenters. The van der Waals surface area contributed by atoms with Crippen LogP contribution in [0.3, 0.4) is 0 Å². The summed E-state index contributed by atoms with van der Waals surface area (Å²) in [6, 6.07) is 19.1. The highest BCUT2D eigenvalue weighted by Crippen LogP contribution is 2.40. The van der Waals surface area contributed by atoms with Gasteiger partial charge in [-0.2, -0.15) is 5.26 Å². The van der Waals surface area contributed by atoms with Gasteiger partial charge in [0.05, 0.1) is 40.2 Å². The molecule has 1 aromatic heterocycles. The first kappa shape index (κ1) is 21.3. The van der Waals surface area contributed by atoms with E-state index >= 15 is 0 Å². The van der Waals surface area contributed by atoms with Crippen molar-refractivity contribution in [1.29, 1.82) is 5.26 Å². The zero-order chi connectivity index (χ0) is 22.7. The van der Waals surface area contributed by atoms with Gasteiger partial charge in [-0.25, -0.2) is 0 Å². The Balaban J connectivity index is 1.56. The van der Waals surface area contributed by atoms with Crippen LogP contribution in [-0.2, 0) is 9.59 Å². The van der Waals surface area contributed by atoms with Crippen molar-refractivity contribution in [3.05, 3.63) is 88.5 Å². The van der Waals surface area contributed by atoms with Gasteiger partial charge in [-0.1, -0.05) is 48.2 Å². The molecule has 0 saturated carbocycles. The second-order valence-corrected chi connectivity index (χ2v) is 8.18. The number of allylic oxidation sites excluding steroid dienone is 2. The third-order valence-electron chi connectivity index (χ3n) is 5.15. The second-order valence-electron chi connectivity index (χ2n) is 7.19. The lowest BCUT2D eigenvalue weighted by molar-refractivity contribution is -0.115. The van der Waals surface area contributed by atoms with Crippen LogP contribution < -0.4 is 16.4 Å². The van der Waals surface area contributed by atoms with E-state index in [-0.39, 0.29) is 22.8 Å². The third-order valence-corrected chi connectivity index (χ3v) is 6.17. The van der Waals surface area contributed by atoms with Crippen molar-refractivity contribution < 1.29 is 14.0 Å². The Morgan fingerprint density at radius 1 is 1.19 bits per heavy atom. The summed E-state index contributed by atoms with van der Waals surface area (Å²) in [5, 5.41) is 18.3. The fourth-order valence-corrected chi connectivity index (χ4v) is 4.64. The van der Waals surface area contributed by atoms with Gasteiger partial charge in [0.25, 0.3) is 0 Å². The Kier molecular flexibility index (Phi) is 6.01. The van der Waals surface area contributed by atoms with Crippen molar-refractivity contribution in [1.82, 2.24) is 5.32 Å². The number of dihydropyridines is 1. The van der Waals surface area contributed by atoms with E-state index in [0.29, 0.717) is 16.5 Å². The molecule has 3 aromatic rings. The van der Waals surface area contributed by atoms with Crippen LogP contribution in [0.25, 0.3) is 10.8 Å². The molecule has 1 aliphatic heterocycles. The summed E-state index contributed by atoms with van der Waals surface area (Å²) in [6.07, 6.45) is 1.48. The molecule has 32 heavy (non-hydrogen) atoms. The number of nitrogens with zero attached hydrogens (tertiary/aromatic N) is 1. The maximum atomic E-state index is 12.7. The van der Waals surface area contributed by atoms with Crippen molar-refractivity contribution in [3.63, 3.8) is 0 Å². The minimum Gasteiger partial charge on any atom is -0.468 e. The quantitative estimate of drug-likeness (QED) is 0.529. The van der Waals surface area contributed by atoms with E-state index in [4.69, 9.17) is 10.2 Å². The molecular formula is C24H20N4O3S. The fraction of sp³-hybridized carbons (Fsp3) is 0.125. The van der Waals surface area contributed by atoms with E-state index in [1.54, 1.807) is 19.1 Å². The highest BCUT2D eigenvalue weighted by molar-refractivity contribution is 8.03. The first-order chi connectivity index (χ1) is 15.5. The number of fused-ring (bicyclic) bond motifs is 1. The molecule has 2 amide bonds. The van der Waals surface area contributed by atoms with E-state index in [1.165, 1.54) is 18.0 Å². The van der Waals surface area contributed by atoms with Gasteiger partial charge in [-0.05, 0) is 30.5 Å². The zero-order valence-corrected chi connectivity index (χ0v) is 18.0. The number of furan rings is 1. The first-order valence-corrected chi connectivity index (χ1v) is 10.8. The van der Waals surface area contributed by atoms with Crippen LogP contribution in [0.2, 0.25) is 0 Å². The number of hydrogen-bond acceptors (Lipinski definition) is 6. The van der Waals surface area contributed by atoms with Gasteiger partial charge in [0.15, 0.2) is 0 Å². The molecule has 0 bridgehead atoms. The van der Waals surface area contributed by atoms with Gasteiger partial charge in [-0.15, -0.1) is 0 Å². The summed E-state index contributed by atoms with van der Waals surface area (Å²) in [6.45, 7) is 1.71. The summed E-state index contributed by atoms with van der Waals surface area (Å²) in [5.41, 5.74) is 7.38. The number of primary amides is 1. The van der Waals surface area contributed by atoms with Crippen molar-refractivity contribution >= 4 is 40.0 Å². The molecule has 0 radical (unpaired) electrons. The molecular weight excluding hydrogens is 424 g/mol. The Hall–Kier alpha value is -3.96. The number of nitriles is 1. The third kappa shape index (κ3) is 4.11. The van der Waals surface area contributed by atoms with Gasteiger partial charge in [0, 0.05) is 16.8 Å². The molecule has 0 saturated heterocycles. The number of carbonyl (C=O) groups excluding carboxylic acids is 2. The number of benzene rings is 2. The van der Waals surface area contributed by atoms with Crippen molar-refractivity contribution in [3.8, 4) is 6.07 Å². The van der Waals surface area contributed by atoms with Gasteiger partial charge in [0.1, 0.15) is 5.76 Å². The predicted octanol–water partition coefficient (Wildman–Crippen LogP) is 3.99. The molecule has 7 nitrogen and oxygen atoms in total. The summed E-state index contributed by atoms with van der Waals surface area (Å²) < 4.78 is 5.48. The monoisotopic (exact) mass is 444 g/mol. The lowest BCUT2D eigenvalue weighted by atomic mass is 9.86. The average molecular weight is 445 g/mol. The van der Waals surface area contributed by atoms with Crippen LogP contribution in [0.15, 0.2) is 87.1 Å². The predicted molar refractivity (Wildman–Crippen MR) is 124 cm³/mol. The first-order valence-electron chi connectivity index (χ1n) is 9.85. The summed E-state index contributed by atoms with van der Waals surface area (Å²) in [7, 11) is 0. The van der Waals surface area contributed by atoms with Crippen LogP contribution in [0, 0.1) is 11.3 Å². The van der Waals surface area contributed by atoms with Crippen molar-refractivity contribution in [2.45, 2.75) is 12.8 Å². The molecule has 0 aliphatic carbocycles. The Labute approximate surface area is 189 Å². The topological polar surface area (TPSA) is 121 Å². The van der Waals surface area contributed by atoms with Crippen LogP contribution >= 0.6 is 11.8 Å². The average Bonchev–Trinajstić information content (AvgIpc) is 3.32. The fourth-order valence-electron chi connectivity index (χ4n) is 3.75. The number of carbonyl (C=O) groups is 2. The van der Waals surface area contributed by atoms with E-state index in [9.17, 15) is 14.9 Å². The Morgan fingerprint density at radius 2 is 1.97 bits per heavy atom. The molecule has 2 heterocycles. The molecule has 160 valence electrons. The highest BCUT2D eigenvalue weighted by atomic mass is 32.2. The zero-order valence-electron chi connectivity index (χ0n) is 17.2. The number of nitrogens with one attached hydrogen (secondary N) is 2. The van der Waals surface area contributed by atoms with Crippen LogP contribution in [0.5, 0.6) is 0 Å². The van der Waals surface area contributed by atoms with Gasteiger partial charge in [-0.3, -0.25) is 9.59 Å². The molecule has 0 fully saturated rings. The number of amides is 2. The second kappa shape index (κ2) is 9.04.